The summed E-state index contributed by atoms with van der Waals surface area (Å²) in [5.41, 5.74) is 2.32. The minimum Gasteiger partial charge on any atom is -0.352 e. The number of nitrogens with zero attached hydrogens (tertiary/aromatic N) is 2. The number of pyridine rings is 1. The van der Waals surface area contributed by atoms with Crippen LogP contribution in [-0.2, 0) is 4.79 Å². The Morgan fingerprint density at radius 1 is 1.50 bits per heavy atom. The second-order valence-electron chi connectivity index (χ2n) is 5.79. The molecule has 0 bridgehead atoms. The Bertz CT molecular complexity index is 655. The molecule has 2 N–H and O–H groups in total. The van der Waals surface area contributed by atoms with Gasteiger partial charge in [-0.25, -0.2) is 4.98 Å². The van der Waals surface area contributed by atoms with Gasteiger partial charge in [0.15, 0.2) is 0 Å². The van der Waals surface area contributed by atoms with E-state index in [9.17, 15) is 4.79 Å². The zero-order valence-electron chi connectivity index (χ0n) is 12.7. The highest BCUT2D eigenvalue weighted by molar-refractivity contribution is 5.80. The number of amides is 1. The van der Waals surface area contributed by atoms with E-state index in [1.54, 1.807) is 6.08 Å². The van der Waals surface area contributed by atoms with E-state index >= 15 is 0 Å². The monoisotopic (exact) mass is 298 g/mol. The molecule has 1 fully saturated rings. The first-order chi connectivity index (χ1) is 10.8. The Hall–Kier alpha value is -2.14. The summed E-state index contributed by atoms with van der Waals surface area (Å²) in [6.45, 7) is 6.54. The summed E-state index contributed by atoms with van der Waals surface area (Å²) in [6.07, 6.45) is 7.77. The number of aromatic amines is 1. The predicted octanol–water partition coefficient (Wildman–Crippen LogP) is 2.04. The van der Waals surface area contributed by atoms with Gasteiger partial charge in [0.1, 0.15) is 5.65 Å². The maximum absolute atomic E-state index is 11.7. The first kappa shape index (κ1) is 14.8. The van der Waals surface area contributed by atoms with Gasteiger partial charge >= 0.3 is 0 Å². The van der Waals surface area contributed by atoms with Crippen molar-refractivity contribution < 1.29 is 4.79 Å². The van der Waals surface area contributed by atoms with Crippen molar-refractivity contribution in [3.63, 3.8) is 0 Å². The number of H-pyrrole nitrogens is 1. The summed E-state index contributed by atoms with van der Waals surface area (Å²) in [5.74, 6) is 0.625. The molecule has 3 rings (SSSR count). The molecule has 1 aliphatic rings. The van der Waals surface area contributed by atoms with Gasteiger partial charge in [-0.05, 0) is 49.5 Å². The average Bonchev–Trinajstić information content (AvgIpc) is 2.98. The molecule has 1 saturated heterocycles. The van der Waals surface area contributed by atoms with Crippen LogP contribution < -0.4 is 5.32 Å². The van der Waals surface area contributed by atoms with Gasteiger partial charge in [-0.1, -0.05) is 6.08 Å². The van der Waals surface area contributed by atoms with E-state index in [0.717, 1.165) is 31.6 Å². The van der Waals surface area contributed by atoms with Gasteiger partial charge in [0.25, 0.3) is 0 Å². The van der Waals surface area contributed by atoms with Crippen LogP contribution >= 0.6 is 0 Å². The van der Waals surface area contributed by atoms with Crippen LogP contribution in [-0.4, -0.2) is 47.0 Å². The maximum Gasteiger partial charge on any atom is 0.234 e. The summed E-state index contributed by atoms with van der Waals surface area (Å²) in [4.78, 5) is 21.6. The van der Waals surface area contributed by atoms with E-state index in [0.29, 0.717) is 19.0 Å². The van der Waals surface area contributed by atoms with Gasteiger partial charge in [0.2, 0.25) is 5.91 Å². The molecular weight excluding hydrogens is 276 g/mol. The number of carbonyl (C=O) groups is 1. The van der Waals surface area contributed by atoms with E-state index in [1.165, 1.54) is 10.9 Å². The van der Waals surface area contributed by atoms with Crippen molar-refractivity contribution in [3.8, 4) is 0 Å². The molecule has 0 radical (unpaired) electrons. The van der Waals surface area contributed by atoms with E-state index < -0.39 is 0 Å². The zero-order valence-corrected chi connectivity index (χ0v) is 12.7. The predicted molar refractivity (Wildman–Crippen MR) is 87.7 cm³/mol. The fraction of sp³-hybridized carbons (Fsp3) is 0.412. The van der Waals surface area contributed by atoms with E-state index in [1.807, 2.05) is 12.3 Å². The van der Waals surface area contributed by atoms with E-state index in [-0.39, 0.29) is 5.91 Å². The van der Waals surface area contributed by atoms with Crippen LogP contribution in [0.1, 0.15) is 24.3 Å². The molecule has 0 atom stereocenters. The van der Waals surface area contributed by atoms with Crippen molar-refractivity contribution in [2.45, 2.75) is 18.8 Å². The molecule has 1 aliphatic heterocycles. The highest BCUT2D eigenvalue weighted by Crippen LogP contribution is 2.32. The molecule has 22 heavy (non-hydrogen) atoms. The van der Waals surface area contributed by atoms with Gasteiger partial charge in [0, 0.05) is 24.3 Å². The van der Waals surface area contributed by atoms with Crippen LogP contribution in [0, 0.1) is 0 Å². The molecule has 2 aromatic heterocycles. The lowest BCUT2D eigenvalue weighted by atomic mass is 9.89. The fourth-order valence-corrected chi connectivity index (χ4v) is 3.16. The minimum absolute atomic E-state index is 0.0784. The summed E-state index contributed by atoms with van der Waals surface area (Å²) < 4.78 is 0. The van der Waals surface area contributed by atoms with Crippen molar-refractivity contribution in [2.24, 2.45) is 0 Å². The molecule has 0 unspecified atom stereocenters. The topological polar surface area (TPSA) is 61.0 Å². The first-order valence-electron chi connectivity index (χ1n) is 7.80. The van der Waals surface area contributed by atoms with Crippen molar-refractivity contribution in [1.82, 2.24) is 20.2 Å². The van der Waals surface area contributed by atoms with Gasteiger partial charge in [0.05, 0.1) is 6.54 Å². The van der Waals surface area contributed by atoms with Gasteiger partial charge in [-0.3, -0.25) is 9.69 Å². The van der Waals surface area contributed by atoms with E-state index in [2.05, 4.69) is 39.0 Å². The molecule has 5 heteroatoms. The molecule has 0 aliphatic carbocycles. The Labute approximate surface area is 130 Å². The minimum atomic E-state index is 0.0784. The Balaban J connectivity index is 1.57. The fourth-order valence-electron chi connectivity index (χ4n) is 3.16. The molecule has 0 aromatic carbocycles. The van der Waals surface area contributed by atoms with Gasteiger partial charge in [-0.2, -0.15) is 0 Å². The molecule has 2 aromatic rings. The summed E-state index contributed by atoms with van der Waals surface area (Å²) in [7, 11) is 0. The van der Waals surface area contributed by atoms with E-state index in [4.69, 9.17) is 0 Å². The lowest BCUT2D eigenvalue weighted by Crippen LogP contribution is -2.41. The largest absolute Gasteiger partial charge is 0.352 e. The smallest absolute Gasteiger partial charge is 0.234 e. The Morgan fingerprint density at radius 2 is 2.32 bits per heavy atom. The lowest BCUT2D eigenvalue weighted by Gasteiger charge is -2.31. The molecule has 5 nitrogen and oxygen atoms in total. The number of carbonyl (C=O) groups excluding carboxylic acids is 1. The van der Waals surface area contributed by atoms with Crippen molar-refractivity contribution in [1.29, 1.82) is 0 Å². The third kappa shape index (κ3) is 3.20. The summed E-state index contributed by atoms with van der Waals surface area (Å²) >= 11 is 0. The number of hydrogen-bond donors (Lipinski definition) is 2. The normalized spacial score (nSPS) is 16.7. The van der Waals surface area contributed by atoms with Crippen molar-refractivity contribution in [3.05, 3.63) is 42.7 Å². The quantitative estimate of drug-likeness (QED) is 0.831. The maximum atomic E-state index is 11.7. The first-order valence-corrected chi connectivity index (χ1v) is 7.80. The lowest BCUT2D eigenvalue weighted by molar-refractivity contribution is -0.122. The van der Waals surface area contributed by atoms with Crippen LogP contribution in [0.4, 0.5) is 0 Å². The number of aromatic nitrogens is 2. The molecule has 3 heterocycles. The van der Waals surface area contributed by atoms with Gasteiger partial charge < -0.3 is 10.3 Å². The van der Waals surface area contributed by atoms with Crippen molar-refractivity contribution in [2.75, 3.05) is 26.2 Å². The van der Waals surface area contributed by atoms with Crippen LogP contribution in [0.3, 0.4) is 0 Å². The molecule has 116 valence electrons. The summed E-state index contributed by atoms with van der Waals surface area (Å²) in [5, 5.41) is 4.06. The second kappa shape index (κ2) is 6.75. The number of fused-ring (bicyclic) bond motifs is 1. The molecule has 0 saturated carbocycles. The number of likely N-dealkylation sites (tertiary alicyclic amines) is 1. The average molecular weight is 298 g/mol. The number of nitrogens with one attached hydrogen (secondary N) is 2. The summed E-state index contributed by atoms with van der Waals surface area (Å²) in [6, 6.07) is 4.11. The molecular formula is C17H22N4O. The van der Waals surface area contributed by atoms with Crippen LogP contribution in [0.15, 0.2) is 37.2 Å². The van der Waals surface area contributed by atoms with Crippen LogP contribution in [0.5, 0.6) is 0 Å². The molecule has 1 amide bonds. The number of piperidine rings is 1. The van der Waals surface area contributed by atoms with Crippen molar-refractivity contribution >= 4 is 16.9 Å². The third-order valence-electron chi connectivity index (χ3n) is 4.32. The standard InChI is InChI=1S/C17H22N4O/c1-2-7-18-16(22)12-21-9-5-13(6-10-21)15-11-20-17-14(15)4-3-8-19-17/h2-4,8,11,13H,1,5-7,9-10,12H2,(H,18,22)(H,19,20). The number of rotatable bonds is 5. The second-order valence-corrected chi connectivity index (χ2v) is 5.79. The highest BCUT2D eigenvalue weighted by Gasteiger charge is 2.23. The van der Waals surface area contributed by atoms with Crippen LogP contribution in [0.2, 0.25) is 0 Å². The third-order valence-corrected chi connectivity index (χ3v) is 4.32. The van der Waals surface area contributed by atoms with Gasteiger partial charge in [-0.15, -0.1) is 6.58 Å². The highest BCUT2D eigenvalue weighted by atomic mass is 16.2. The Morgan fingerprint density at radius 3 is 3.09 bits per heavy atom. The molecule has 0 spiro atoms. The van der Waals surface area contributed by atoms with Crippen LogP contribution in [0.25, 0.3) is 11.0 Å². The zero-order chi connectivity index (χ0) is 15.4. The Kier molecular flexibility index (Phi) is 4.53. The SMILES string of the molecule is C=CCNC(=O)CN1CCC(c2c[nH]c3ncccc23)CC1. The number of hydrogen-bond acceptors (Lipinski definition) is 3.